The zero-order valence-corrected chi connectivity index (χ0v) is 22.3. The first-order valence-electron chi connectivity index (χ1n) is 9.83. The molecule has 0 aliphatic carbocycles. The molecule has 2 aromatic rings. The number of phenolic OH excluding ortho intramolecular Hbond substituents is 2. The van der Waals surface area contributed by atoms with Crippen molar-refractivity contribution in [2.75, 3.05) is 0 Å². The molecule has 0 aromatic heterocycles. The first-order valence-corrected chi connectivity index (χ1v) is 13.0. The summed E-state index contributed by atoms with van der Waals surface area (Å²) in [6, 6.07) is 8.19. The molecule has 6 N–H and O–H groups in total. The molecular formula is C22H34O7P2S. The van der Waals surface area contributed by atoms with Gasteiger partial charge in [0.15, 0.2) is 0 Å². The maximum absolute atomic E-state index is 10.4. The zero-order chi connectivity index (χ0) is 25.0. The van der Waals surface area contributed by atoms with Crippen molar-refractivity contribution in [3.63, 3.8) is 0 Å². The highest BCUT2D eigenvalue weighted by molar-refractivity contribution is 7.99. The lowest BCUT2D eigenvalue weighted by molar-refractivity contribution is 0.324. The summed E-state index contributed by atoms with van der Waals surface area (Å²) in [5.41, 5.74) is 3.46. The van der Waals surface area contributed by atoms with Gasteiger partial charge in [0.25, 0.3) is 0 Å². The second kappa shape index (κ2) is 11.5. The normalized spacial score (nSPS) is 12.2. The number of hydrogen-bond acceptors (Lipinski definition) is 8. The Morgan fingerprint density at radius 2 is 0.969 bits per heavy atom. The van der Waals surface area contributed by atoms with E-state index >= 15 is 0 Å². The molecule has 0 fully saturated rings. The fraction of sp³-hybridized carbons (Fsp3) is 0.455. The monoisotopic (exact) mass is 504 g/mol. The quantitative estimate of drug-likeness (QED) is 0.284. The van der Waals surface area contributed by atoms with E-state index < -0.39 is 17.2 Å². The summed E-state index contributed by atoms with van der Waals surface area (Å²) in [6.07, 6.45) is 0. The van der Waals surface area contributed by atoms with E-state index in [9.17, 15) is 10.2 Å². The Hall–Kier alpha value is -0.950. The number of hydrogen-bond donors (Lipinski definition) is 6. The second-order valence-electron chi connectivity index (χ2n) is 9.46. The first kappa shape index (κ1) is 29.1. The average molecular weight is 505 g/mol. The molecule has 10 heteroatoms. The van der Waals surface area contributed by atoms with Crippen LogP contribution in [-0.4, -0.2) is 29.8 Å². The Labute approximate surface area is 197 Å². The standard InChI is InChI=1S/C22H30O2S.H4O5P2/c1-13-9-15(11-17(19(13)23)21(3,4)5)25-16-10-14(2)20(24)18(12-16)22(6,7)8;1-6(2)5-7(3)4/h9-12,23-24H,1-8H3;1-4H. The van der Waals surface area contributed by atoms with Gasteiger partial charge in [-0.15, -0.1) is 0 Å². The highest BCUT2D eigenvalue weighted by atomic mass is 32.2. The van der Waals surface area contributed by atoms with E-state index in [1.54, 1.807) is 11.8 Å². The molecule has 0 bridgehead atoms. The van der Waals surface area contributed by atoms with Crippen molar-refractivity contribution in [2.45, 2.75) is 76.0 Å². The Morgan fingerprint density at radius 1 is 0.656 bits per heavy atom. The van der Waals surface area contributed by atoms with Crippen LogP contribution in [0.25, 0.3) is 0 Å². The highest BCUT2D eigenvalue weighted by Gasteiger charge is 2.22. The maximum atomic E-state index is 10.4. The van der Waals surface area contributed by atoms with E-state index in [2.05, 4.69) is 58.0 Å². The number of benzene rings is 2. The Balaban J connectivity index is 0.000000633. The van der Waals surface area contributed by atoms with Crippen LogP contribution in [0, 0.1) is 13.8 Å². The van der Waals surface area contributed by atoms with Gasteiger partial charge in [-0.05, 0) is 60.1 Å². The molecule has 0 aliphatic rings. The Kier molecular flexibility index (Phi) is 10.4. The highest BCUT2D eigenvalue weighted by Crippen LogP contribution is 2.42. The molecule has 180 valence electrons. The van der Waals surface area contributed by atoms with Crippen LogP contribution in [0.1, 0.15) is 63.8 Å². The van der Waals surface area contributed by atoms with E-state index in [1.807, 2.05) is 26.0 Å². The third-order valence-electron chi connectivity index (χ3n) is 4.55. The van der Waals surface area contributed by atoms with E-state index in [0.29, 0.717) is 11.5 Å². The lowest BCUT2D eigenvalue weighted by Gasteiger charge is -2.24. The minimum atomic E-state index is -2.61. The molecule has 2 aromatic carbocycles. The van der Waals surface area contributed by atoms with Gasteiger partial charge in [-0.3, -0.25) is 0 Å². The number of phenols is 2. The molecule has 7 nitrogen and oxygen atoms in total. The van der Waals surface area contributed by atoms with Crippen LogP contribution >= 0.6 is 29.0 Å². The van der Waals surface area contributed by atoms with E-state index in [4.69, 9.17) is 19.6 Å². The predicted molar refractivity (Wildman–Crippen MR) is 131 cm³/mol. The van der Waals surface area contributed by atoms with Gasteiger partial charge in [0, 0.05) is 20.9 Å². The van der Waals surface area contributed by atoms with Gasteiger partial charge in [-0.1, -0.05) is 53.3 Å². The van der Waals surface area contributed by atoms with Crippen LogP contribution < -0.4 is 0 Å². The van der Waals surface area contributed by atoms with Crippen LogP contribution in [0.15, 0.2) is 34.1 Å². The van der Waals surface area contributed by atoms with Crippen molar-refractivity contribution in [3.05, 3.63) is 46.5 Å². The summed E-state index contributed by atoms with van der Waals surface area (Å²) in [5.74, 6) is 0.767. The smallest absolute Gasteiger partial charge is 0.334 e. The Morgan fingerprint density at radius 3 is 1.19 bits per heavy atom. The minimum absolute atomic E-state index is 0.118. The van der Waals surface area contributed by atoms with E-state index in [1.165, 1.54) is 0 Å². The van der Waals surface area contributed by atoms with Crippen LogP contribution in [0.4, 0.5) is 0 Å². The van der Waals surface area contributed by atoms with Crippen molar-refractivity contribution in [3.8, 4) is 11.5 Å². The lowest BCUT2D eigenvalue weighted by Crippen LogP contribution is -2.12. The van der Waals surface area contributed by atoms with Gasteiger partial charge in [0.1, 0.15) is 11.5 Å². The van der Waals surface area contributed by atoms with Crippen LogP contribution in [-0.2, 0) is 15.1 Å². The largest absolute Gasteiger partial charge is 0.507 e. The minimum Gasteiger partial charge on any atom is -0.507 e. The molecule has 0 atom stereocenters. The van der Waals surface area contributed by atoms with Gasteiger partial charge >= 0.3 is 17.2 Å². The molecular weight excluding hydrogens is 470 g/mol. The maximum Gasteiger partial charge on any atom is 0.334 e. The van der Waals surface area contributed by atoms with Crippen molar-refractivity contribution in [1.29, 1.82) is 0 Å². The Bertz CT molecular complexity index is 846. The summed E-state index contributed by atoms with van der Waals surface area (Å²) >= 11 is 1.67. The summed E-state index contributed by atoms with van der Waals surface area (Å²) in [4.78, 5) is 33.5. The van der Waals surface area contributed by atoms with Gasteiger partial charge in [0.2, 0.25) is 0 Å². The van der Waals surface area contributed by atoms with E-state index in [-0.39, 0.29) is 10.8 Å². The molecule has 0 amide bonds. The predicted octanol–water partition coefficient (Wildman–Crippen LogP) is 5.89. The summed E-state index contributed by atoms with van der Waals surface area (Å²) < 4.78 is 3.60. The van der Waals surface area contributed by atoms with Crippen LogP contribution in [0.5, 0.6) is 11.5 Å². The van der Waals surface area contributed by atoms with Crippen molar-refractivity contribution in [2.24, 2.45) is 0 Å². The molecule has 2 rings (SSSR count). The van der Waals surface area contributed by atoms with Gasteiger partial charge in [-0.25, -0.2) is 4.31 Å². The molecule has 0 spiro atoms. The average Bonchev–Trinajstić information content (AvgIpc) is 2.58. The molecule has 0 heterocycles. The molecule has 0 aliphatic heterocycles. The van der Waals surface area contributed by atoms with E-state index in [0.717, 1.165) is 32.0 Å². The van der Waals surface area contributed by atoms with Crippen LogP contribution in [0.3, 0.4) is 0 Å². The lowest BCUT2D eigenvalue weighted by atomic mass is 9.85. The van der Waals surface area contributed by atoms with Crippen molar-refractivity contribution < 1.29 is 34.1 Å². The summed E-state index contributed by atoms with van der Waals surface area (Å²) in [6.45, 7) is 16.5. The SMILES string of the molecule is Cc1cc(Sc2cc(C)c(O)c(C(C)(C)C)c2)cc(C(C)(C)C)c1O.OP(O)OP(O)O. The number of aromatic hydroxyl groups is 2. The fourth-order valence-corrected chi connectivity index (χ4v) is 4.58. The fourth-order valence-electron chi connectivity index (χ4n) is 2.96. The zero-order valence-electron chi connectivity index (χ0n) is 19.7. The topological polar surface area (TPSA) is 131 Å². The van der Waals surface area contributed by atoms with Gasteiger partial charge in [-0.2, -0.15) is 0 Å². The molecule has 0 saturated carbocycles. The molecule has 32 heavy (non-hydrogen) atoms. The van der Waals surface area contributed by atoms with Gasteiger partial charge < -0.3 is 29.8 Å². The molecule has 0 unspecified atom stereocenters. The first-order chi connectivity index (χ1) is 14.4. The summed E-state index contributed by atoms with van der Waals surface area (Å²) in [5, 5.41) is 20.8. The third kappa shape index (κ3) is 8.77. The summed E-state index contributed by atoms with van der Waals surface area (Å²) in [7, 11) is -5.22. The number of aryl methyl sites for hydroxylation is 2. The van der Waals surface area contributed by atoms with Crippen LogP contribution in [0.2, 0.25) is 0 Å². The number of rotatable bonds is 4. The van der Waals surface area contributed by atoms with Gasteiger partial charge in [0.05, 0.1) is 0 Å². The second-order valence-corrected chi connectivity index (χ2v) is 12.3. The third-order valence-corrected chi connectivity index (χ3v) is 6.66. The molecule has 0 saturated heterocycles. The van der Waals surface area contributed by atoms with Crippen molar-refractivity contribution in [1.82, 2.24) is 0 Å². The van der Waals surface area contributed by atoms with Crippen molar-refractivity contribution >= 4 is 29.0 Å². The molecule has 0 radical (unpaired) electrons.